The van der Waals surface area contributed by atoms with Crippen LogP contribution in [0.5, 0.6) is 5.75 Å². The maximum atomic E-state index is 13.5. The van der Waals surface area contributed by atoms with Crippen LogP contribution in [-0.2, 0) is 16.6 Å². The quantitative estimate of drug-likeness (QED) is 0.273. The van der Waals surface area contributed by atoms with Crippen LogP contribution in [0.3, 0.4) is 0 Å². The van der Waals surface area contributed by atoms with Gasteiger partial charge in [-0.25, -0.2) is 9.78 Å². The Bertz CT molecular complexity index is 1740. The van der Waals surface area contributed by atoms with E-state index in [0.717, 1.165) is 11.1 Å². The van der Waals surface area contributed by atoms with Gasteiger partial charge in [-0.3, -0.25) is 14.9 Å². The fraction of sp³-hybridized carbons (Fsp3) is 0.133. The molecule has 0 aliphatic heterocycles. The SMILES string of the molecule is COc1cccc(-c2csc(NC(=O)C(C)OC(=O)c3c(-c4ccccc4)c4ccccc4c(=O)n3C)n2)c1. The molecule has 196 valence electrons. The Morgan fingerprint density at radius 3 is 2.38 bits per heavy atom. The van der Waals surface area contributed by atoms with E-state index < -0.39 is 18.0 Å². The van der Waals surface area contributed by atoms with Gasteiger partial charge in [0.25, 0.3) is 11.5 Å². The minimum absolute atomic E-state index is 0.0686. The van der Waals surface area contributed by atoms with Crippen molar-refractivity contribution in [2.24, 2.45) is 7.05 Å². The van der Waals surface area contributed by atoms with Crippen LogP contribution in [0, 0.1) is 0 Å². The van der Waals surface area contributed by atoms with E-state index in [-0.39, 0.29) is 11.3 Å². The van der Waals surface area contributed by atoms with Gasteiger partial charge in [-0.1, -0.05) is 60.7 Å². The minimum atomic E-state index is -1.15. The number of benzene rings is 3. The predicted octanol–water partition coefficient (Wildman–Crippen LogP) is 5.52. The molecule has 39 heavy (non-hydrogen) atoms. The largest absolute Gasteiger partial charge is 0.497 e. The molecule has 0 saturated heterocycles. The number of nitrogens with one attached hydrogen (secondary N) is 1. The number of nitrogens with zero attached hydrogens (tertiary/aromatic N) is 2. The Balaban J connectivity index is 1.40. The monoisotopic (exact) mass is 539 g/mol. The van der Waals surface area contributed by atoms with E-state index in [0.29, 0.717) is 32.9 Å². The number of rotatable bonds is 7. The van der Waals surface area contributed by atoms with Crippen molar-refractivity contribution in [3.8, 4) is 28.1 Å². The molecule has 2 heterocycles. The normalized spacial score (nSPS) is 11.7. The predicted molar refractivity (Wildman–Crippen MR) is 152 cm³/mol. The van der Waals surface area contributed by atoms with E-state index in [4.69, 9.17) is 9.47 Å². The molecule has 2 aromatic heterocycles. The highest BCUT2D eigenvalue weighted by atomic mass is 32.1. The van der Waals surface area contributed by atoms with Crippen LogP contribution in [0.4, 0.5) is 5.13 Å². The van der Waals surface area contributed by atoms with Crippen molar-refractivity contribution >= 4 is 39.1 Å². The molecule has 5 rings (SSSR count). The van der Waals surface area contributed by atoms with Crippen LogP contribution in [0.25, 0.3) is 33.2 Å². The number of methoxy groups -OCH3 is 1. The molecule has 0 radical (unpaired) electrons. The van der Waals surface area contributed by atoms with E-state index in [1.54, 1.807) is 25.3 Å². The second-order valence-electron chi connectivity index (χ2n) is 8.81. The van der Waals surface area contributed by atoms with Gasteiger partial charge in [0.15, 0.2) is 11.2 Å². The first kappa shape index (κ1) is 25.9. The van der Waals surface area contributed by atoms with Crippen molar-refractivity contribution in [2.75, 3.05) is 12.4 Å². The number of fused-ring (bicyclic) bond motifs is 1. The Morgan fingerprint density at radius 1 is 0.949 bits per heavy atom. The summed E-state index contributed by atoms with van der Waals surface area (Å²) >= 11 is 1.25. The smallest absolute Gasteiger partial charge is 0.356 e. The number of esters is 1. The molecule has 1 unspecified atom stereocenters. The van der Waals surface area contributed by atoms with Crippen LogP contribution < -0.4 is 15.6 Å². The fourth-order valence-electron chi connectivity index (χ4n) is 4.32. The van der Waals surface area contributed by atoms with Crippen molar-refractivity contribution in [3.05, 3.63) is 100 Å². The van der Waals surface area contributed by atoms with Gasteiger partial charge in [-0.15, -0.1) is 11.3 Å². The Morgan fingerprint density at radius 2 is 1.64 bits per heavy atom. The van der Waals surface area contributed by atoms with Gasteiger partial charge in [-0.05, 0) is 36.1 Å². The lowest BCUT2D eigenvalue weighted by Gasteiger charge is -2.18. The Labute approximate surface area is 228 Å². The average molecular weight is 540 g/mol. The first-order valence-corrected chi connectivity index (χ1v) is 13.0. The zero-order valence-electron chi connectivity index (χ0n) is 21.5. The lowest BCUT2D eigenvalue weighted by atomic mass is 9.97. The third-order valence-corrected chi connectivity index (χ3v) is 7.07. The van der Waals surface area contributed by atoms with Crippen molar-refractivity contribution in [2.45, 2.75) is 13.0 Å². The van der Waals surface area contributed by atoms with E-state index in [1.165, 1.54) is 29.9 Å². The van der Waals surface area contributed by atoms with E-state index in [2.05, 4.69) is 10.3 Å². The molecule has 0 aliphatic rings. The number of thiazole rings is 1. The zero-order valence-corrected chi connectivity index (χ0v) is 22.3. The number of carbonyl (C=O) groups excluding carboxylic acids is 2. The van der Waals surface area contributed by atoms with Gasteiger partial charge in [0.1, 0.15) is 11.4 Å². The number of amides is 1. The molecular weight excluding hydrogens is 514 g/mol. The summed E-state index contributed by atoms with van der Waals surface area (Å²) in [7, 11) is 3.12. The third kappa shape index (κ3) is 5.17. The maximum absolute atomic E-state index is 13.5. The van der Waals surface area contributed by atoms with Crippen LogP contribution in [0.2, 0.25) is 0 Å². The van der Waals surface area contributed by atoms with Crippen molar-refractivity contribution in [1.29, 1.82) is 0 Å². The second kappa shape index (κ2) is 10.9. The van der Waals surface area contributed by atoms with Crippen LogP contribution in [0.15, 0.2) is 89.0 Å². The summed E-state index contributed by atoms with van der Waals surface area (Å²) in [5.74, 6) is -0.621. The number of aromatic nitrogens is 2. The first-order chi connectivity index (χ1) is 18.9. The van der Waals surface area contributed by atoms with Gasteiger partial charge < -0.3 is 14.0 Å². The molecule has 9 heteroatoms. The van der Waals surface area contributed by atoms with Crippen molar-refractivity contribution in [3.63, 3.8) is 0 Å². The lowest BCUT2D eigenvalue weighted by molar-refractivity contribution is -0.123. The van der Waals surface area contributed by atoms with E-state index in [1.807, 2.05) is 66.0 Å². The minimum Gasteiger partial charge on any atom is -0.497 e. The van der Waals surface area contributed by atoms with Crippen LogP contribution in [0.1, 0.15) is 17.4 Å². The molecule has 5 aromatic rings. The van der Waals surface area contributed by atoms with Crippen LogP contribution in [-0.4, -0.2) is 34.6 Å². The zero-order chi connectivity index (χ0) is 27.5. The maximum Gasteiger partial charge on any atom is 0.356 e. The first-order valence-electron chi connectivity index (χ1n) is 12.2. The molecule has 1 N–H and O–H groups in total. The van der Waals surface area contributed by atoms with Crippen molar-refractivity contribution < 1.29 is 19.1 Å². The molecule has 1 atom stereocenters. The summed E-state index contributed by atoms with van der Waals surface area (Å²) in [6.07, 6.45) is -1.15. The van der Waals surface area contributed by atoms with Gasteiger partial charge in [0.2, 0.25) is 0 Å². The number of ether oxygens (including phenoxy) is 2. The molecular formula is C30H25N3O5S. The molecule has 3 aromatic carbocycles. The average Bonchev–Trinajstić information content (AvgIpc) is 3.43. The highest BCUT2D eigenvalue weighted by Gasteiger charge is 2.26. The number of hydrogen-bond acceptors (Lipinski definition) is 7. The van der Waals surface area contributed by atoms with Crippen LogP contribution >= 0.6 is 11.3 Å². The fourth-order valence-corrected chi connectivity index (χ4v) is 5.05. The Kier molecular flexibility index (Phi) is 7.25. The van der Waals surface area contributed by atoms with Crippen molar-refractivity contribution in [1.82, 2.24) is 9.55 Å². The number of pyridine rings is 1. The molecule has 0 aliphatic carbocycles. The van der Waals surface area contributed by atoms with E-state index >= 15 is 0 Å². The second-order valence-corrected chi connectivity index (χ2v) is 9.66. The number of carbonyl (C=O) groups is 2. The molecule has 0 fully saturated rings. The third-order valence-electron chi connectivity index (χ3n) is 6.31. The summed E-state index contributed by atoms with van der Waals surface area (Å²) in [4.78, 5) is 44.0. The highest BCUT2D eigenvalue weighted by molar-refractivity contribution is 7.14. The summed E-state index contributed by atoms with van der Waals surface area (Å²) in [5.41, 5.74) is 2.57. The molecule has 0 bridgehead atoms. The van der Waals surface area contributed by atoms with Gasteiger partial charge in [0.05, 0.1) is 12.8 Å². The highest BCUT2D eigenvalue weighted by Crippen LogP contribution is 2.31. The van der Waals surface area contributed by atoms with Gasteiger partial charge in [0, 0.05) is 28.9 Å². The molecule has 8 nitrogen and oxygen atoms in total. The number of hydrogen-bond donors (Lipinski definition) is 1. The Hall–Kier alpha value is -4.76. The topological polar surface area (TPSA) is 99.5 Å². The lowest BCUT2D eigenvalue weighted by Crippen LogP contribution is -2.32. The van der Waals surface area contributed by atoms with Gasteiger partial charge in [-0.2, -0.15) is 0 Å². The molecule has 1 amide bonds. The summed E-state index contributed by atoms with van der Waals surface area (Å²) < 4.78 is 12.1. The number of anilines is 1. The summed E-state index contributed by atoms with van der Waals surface area (Å²) in [6, 6.07) is 23.9. The molecule has 0 spiro atoms. The van der Waals surface area contributed by atoms with E-state index in [9.17, 15) is 14.4 Å². The summed E-state index contributed by atoms with van der Waals surface area (Å²) in [6.45, 7) is 1.48. The standard InChI is InChI=1S/C30H25N3O5S/c1-18(27(34)32-30-31-24(17-39-30)20-12-9-13-21(16-20)37-3)38-29(36)26-25(19-10-5-4-6-11-19)22-14-7-8-15-23(22)28(35)33(26)2/h4-18H,1-3H3,(H,31,32,34). The van der Waals surface area contributed by atoms with Gasteiger partial charge >= 0.3 is 5.97 Å². The molecule has 0 saturated carbocycles. The summed E-state index contributed by atoms with van der Waals surface area (Å²) in [5, 5.41) is 6.00.